The fourth-order valence-electron chi connectivity index (χ4n) is 4.85. The second-order valence-electron chi connectivity index (χ2n) is 9.58. The van der Waals surface area contributed by atoms with Gasteiger partial charge in [-0.3, -0.25) is 4.68 Å². The molecule has 1 aliphatic rings. The highest BCUT2D eigenvalue weighted by atomic mass is 35.5. The zero-order valence-corrected chi connectivity index (χ0v) is 22.6. The summed E-state index contributed by atoms with van der Waals surface area (Å²) in [5.74, 6) is 0.835. The van der Waals surface area contributed by atoms with E-state index >= 15 is 0 Å². The van der Waals surface area contributed by atoms with Gasteiger partial charge in [0.25, 0.3) is 0 Å². The van der Waals surface area contributed by atoms with E-state index in [0.29, 0.717) is 48.3 Å². The van der Waals surface area contributed by atoms with Crippen LogP contribution in [0.3, 0.4) is 0 Å². The number of piperazine rings is 1. The molecule has 5 heterocycles. The molecule has 4 aromatic heterocycles. The minimum Gasteiger partial charge on any atom is -0.381 e. The van der Waals surface area contributed by atoms with Crippen LogP contribution in [-0.2, 0) is 12.6 Å². The van der Waals surface area contributed by atoms with Crippen LogP contribution in [0.25, 0.3) is 16.6 Å². The highest BCUT2D eigenvalue weighted by Crippen LogP contribution is 2.37. The third-order valence-corrected chi connectivity index (χ3v) is 7.72. The van der Waals surface area contributed by atoms with Gasteiger partial charge in [0.15, 0.2) is 5.82 Å². The highest BCUT2D eigenvalue weighted by molar-refractivity contribution is 6.37. The summed E-state index contributed by atoms with van der Waals surface area (Å²) in [6.07, 6.45) is 10.2. The summed E-state index contributed by atoms with van der Waals surface area (Å²) in [4.78, 5) is 17.8. The van der Waals surface area contributed by atoms with Gasteiger partial charge in [-0.1, -0.05) is 29.3 Å². The molecule has 1 saturated heterocycles. The van der Waals surface area contributed by atoms with Crippen molar-refractivity contribution in [2.75, 3.05) is 36.0 Å². The normalized spacial score (nSPS) is 15.6. The molecule has 0 spiro atoms. The Bertz CT molecular complexity index is 1660. The standard InChI is InChI=1S/C26H24Cl2FN9O/c1-26(39,20-4-3-18(29)9-21(20)27)17-11-30-25(31-12-17)37-7-5-36(6-8-37)24-23-22(28)19(14-38(23)34-15-32-24)16-10-33-35(2)13-16/h3-4,9-15,39H,5-8H2,1-2H3/t26-/m0/s1. The fourth-order valence-corrected chi connectivity index (χ4v) is 5.53. The van der Waals surface area contributed by atoms with Gasteiger partial charge in [-0.05, 0) is 19.1 Å². The molecule has 1 aromatic carbocycles. The number of aliphatic hydroxyl groups is 1. The summed E-state index contributed by atoms with van der Waals surface area (Å²) in [6, 6.07) is 3.90. The van der Waals surface area contributed by atoms with Crippen molar-refractivity contribution in [1.82, 2.24) is 34.3 Å². The molecule has 0 aliphatic carbocycles. The molecule has 0 unspecified atom stereocenters. The molecule has 5 aromatic rings. The number of hydrogen-bond donors (Lipinski definition) is 1. The smallest absolute Gasteiger partial charge is 0.225 e. The Hall–Kier alpha value is -3.80. The Kier molecular flexibility index (Phi) is 6.37. The van der Waals surface area contributed by atoms with Gasteiger partial charge in [-0.25, -0.2) is 23.9 Å². The van der Waals surface area contributed by atoms with Crippen LogP contribution >= 0.6 is 23.2 Å². The number of rotatable bonds is 5. The van der Waals surface area contributed by atoms with Gasteiger partial charge in [0.1, 0.15) is 23.3 Å². The van der Waals surface area contributed by atoms with Crippen molar-refractivity contribution >= 4 is 40.5 Å². The number of fused-ring (bicyclic) bond motifs is 1. The molecule has 0 bridgehead atoms. The summed E-state index contributed by atoms with van der Waals surface area (Å²) in [5, 5.41) is 20.5. The molecule has 0 saturated carbocycles. The number of benzene rings is 1. The predicted octanol–water partition coefficient (Wildman–Crippen LogP) is 3.95. The Labute approximate surface area is 233 Å². The molecule has 200 valence electrons. The van der Waals surface area contributed by atoms with Crippen LogP contribution < -0.4 is 9.80 Å². The van der Waals surface area contributed by atoms with E-state index in [-0.39, 0.29) is 5.02 Å². The maximum absolute atomic E-state index is 13.5. The molecule has 1 N–H and O–H groups in total. The number of anilines is 2. The van der Waals surface area contributed by atoms with Crippen LogP contribution in [0.5, 0.6) is 0 Å². The first-order chi connectivity index (χ1) is 18.7. The van der Waals surface area contributed by atoms with Crippen LogP contribution in [0.4, 0.5) is 16.2 Å². The lowest BCUT2D eigenvalue weighted by atomic mass is 9.90. The Morgan fingerprint density at radius 2 is 1.67 bits per heavy atom. The van der Waals surface area contributed by atoms with Crippen LogP contribution in [0, 0.1) is 5.82 Å². The van der Waals surface area contributed by atoms with Gasteiger partial charge < -0.3 is 14.9 Å². The molecule has 13 heteroatoms. The number of halogens is 3. The van der Waals surface area contributed by atoms with Gasteiger partial charge in [0.05, 0.1) is 11.2 Å². The van der Waals surface area contributed by atoms with Gasteiger partial charge in [-0.2, -0.15) is 10.2 Å². The van der Waals surface area contributed by atoms with Crippen LogP contribution in [0.15, 0.2) is 55.5 Å². The van der Waals surface area contributed by atoms with E-state index in [1.165, 1.54) is 24.5 Å². The topological polar surface area (TPSA) is 101 Å². The molecular formula is C26H24Cl2FN9O. The van der Waals surface area contributed by atoms with Crippen LogP contribution in [0.2, 0.25) is 10.0 Å². The number of hydrogen-bond acceptors (Lipinski definition) is 8. The van der Waals surface area contributed by atoms with Gasteiger partial charge in [-0.15, -0.1) is 0 Å². The maximum Gasteiger partial charge on any atom is 0.225 e. The monoisotopic (exact) mass is 567 g/mol. The molecule has 39 heavy (non-hydrogen) atoms. The number of nitrogens with zero attached hydrogens (tertiary/aromatic N) is 9. The quantitative estimate of drug-likeness (QED) is 0.341. The molecular weight excluding hydrogens is 544 g/mol. The minimum absolute atomic E-state index is 0.134. The molecule has 1 aliphatic heterocycles. The average Bonchev–Trinajstić information content (AvgIpc) is 3.51. The summed E-state index contributed by atoms with van der Waals surface area (Å²) >= 11 is 13.0. The molecule has 0 radical (unpaired) electrons. The van der Waals surface area contributed by atoms with Crippen molar-refractivity contribution in [1.29, 1.82) is 0 Å². The van der Waals surface area contributed by atoms with Crippen molar-refractivity contribution in [2.24, 2.45) is 7.05 Å². The molecule has 6 rings (SSSR count). The third kappa shape index (κ3) is 4.56. The first kappa shape index (κ1) is 25.5. The van der Waals surface area contributed by atoms with Crippen LogP contribution in [-0.4, -0.2) is 65.6 Å². The molecule has 1 atom stereocenters. The van der Waals surface area contributed by atoms with E-state index in [1.807, 2.05) is 19.4 Å². The van der Waals surface area contributed by atoms with E-state index in [2.05, 4.69) is 34.9 Å². The van der Waals surface area contributed by atoms with E-state index in [9.17, 15) is 9.50 Å². The van der Waals surface area contributed by atoms with Crippen molar-refractivity contribution in [3.8, 4) is 11.1 Å². The SMILES string of the molecule is Cn1cc(-c2cn3ncnc(N4CCN(c5ncc([C@](C)(O)c6ccc(F)cc6Cl)cn5)CC4)c3c2Cl)cn1. The zero-order valence-electron chi connectivity index (χ0n) is 21.1. The Morgan fingerprint density at radius 1 is 0.949 bits per heavy atom. The Morgan fingerprint density at radius 3 is 2.33 bits per heavy atom. The summed E-state index contributed by atoms with van der Waals surface area (Å²) in [7, 11) is 1.86. The van der Waals surface area contributed by atoms with Crippen LogP contribution in [0.1, 0.15) is 18.1 Å². The van der Waals surface area contributed by atoms with E-state index < -0.39 is 11.4 Å². The van der Waals surface area contributed by atoms with Crippen molar-refractivity contribution < 1.29 is 9.50 Å². The highest BCUT2D eigenvalue weighted by Gasteiger charge is 2.30. The van der Waals surface area contributed by atoms with Crippen molar-refractivity contribution in [3.63, 3.8) is 0 Å². The second-order valence-corrected chi connectivity index (χ2v) is 10.4. The lowest BCUT2D eigenvalue weighted by Crippen LogP contribution is -2.47. The first-order valence-electron chi connectivity index (χ1n) is 12.2. The average molecular weight is 568 g/mol. The third-order valence-electron chi connectivity index (χ3n) is 7.03. The zero-order chi connectivity index (χ0) is 27.3. The minimum atomic E-state index is -1.48. The van der Waals surface area contributed by atoms with Crippen molar-refractivity contribution in [2.45, 2.75) is 12.5 Å². The van der Waals surface area contributed by atoms with Gasteiger partial charge in [0.2, 0.25) is 5.95 Å². The number of aromatic nitrogens is 7. The fraction of sp³-hybridized carbons (Fsp3) is 0.269. The molecule has 0 amide bonds. The Balaban J connectivity index is 1.19. The van der Waals surface area contributed by atoms with Crippen molar-refractivity contribution in [3.05, 3.63) is 82.5 Å². The van der Waals surface area contributed by atoms with Gasteiger partial charge in [0, 0.05) is 85.3 Å². The summed E-state index contributed by atoms with van der Waals surface area (Å²) in [6.45, 7) is 4.24. The van der Waals surface area contributed by atoms with Gasteiger partial charge >= 0.3 is 0 Å². The largest absolute Gasteiger partial charge is 0.381 e. The summed E-state index contributed by atoms with van der Waals surface area (Å²) in [5.41, 5.74) is 1.85. The molecule has 1 fully saturated rings. The summed E-state index contributed by atoms with van der Waals surface area (Å²) < 4.78 is 17.0. The second kappa shape index (κ2) is 9.74. The van der Waals surface area contributed by atoms with E-state index in [4.69, 9.17) is 23.2 Å². The number of aryl methyl sites for hydroxylation is 1. The maximum atomic E-state index is 13.5. The first-order valence-corrected chi connectivity index (χ1v) is 13.0. The van der Waals surface area contributed by atoms with E-state index in [0.717, 1.165) is 22.5 Å². The lowest BCUT2D eigenvalue weighted by Gasteiger charge is -2.35. The molecule has 10 nitrogen and oxygen atoms in total. The van der Waals surface area contributed by atoms with E-state index in [1.54, 1.807) is 34.7 Å². The predicted molar refractivity (Wildman–Crippen MR) is 147 cm³/mol. The lowest BCUT2D eigenvalue weighted by molar-refractivity contribution is 0.101.